The molecule has 0 fully saturated rings. The van der Waals surface area contributed by atoms with E-state index in [0.29, 0.717) is 12.0 Å². The summed E-state index contributed by atoms with van der Waals surface area (Å²) in [5, 5.41) is 13.2. The van der Waals surface area contributed by atoms with Gasteiger partial charge in [-0.2, -0.15) is 0 Å². The number of carbonyl (C=O) groups is 1. The third-order valence-electron chi connectivity index (χ3n) is 3.91. The number of aromatic hydroxyl groups is 1. The van der Waals surface area contributed by atoms with Gasteiger partial charge in [-0.1, -0.05) is 30.2 Å². The highest BCUT2D eigenvalue weighted by atomic mass is 16.5. The molecule has 0 bridgehead atoms. The maximum Gasteiger partial charge on any atom is 0.333 e. The minimum Gasteiger partial charge on any atom is -0.508 e. The molecule has 0 amide bonds. The molecule has 6 heteroatoms. The van der Waals surface area contributed by atoms with Crippen molar-refractivity contribution >= 4 is 5.97 Å². The lowest BCUT2D eigenvalue weighted by molar-refractivity contribution is -0.136. The van der Waals surface area contributed by atoms with Crippen LogP contribution in [0.15, 0.2) is 41.0 Å². The second-order valence-corrected chi connectivity index (χ2v) is 5.14. The first kappa shape index (κ1) is 14.9. The van der Waals surface area contributed by atoms with Crippen LogP contribution in [0.5, 0.6) is 5.75 Å². The van der Waals surface area contributed by atoms with Crippen molar-refractivity contribution in [2.45, 2.75) is 25.3 Å². The number of phenolic OH excluding ortho intramolecular Hbond substituents is 1. The van der Waals surface area contributed by atoms with Crippen molar-refractivity contribution in [1.29, 1.82) is 0 Å². The molecule has 6 nitrogen and oxygen atoms in total. The van der Waals surface area contributed by atoms with E-state index in [1.54, 1.807) is 24.3 Å². The van der Waals surface area contributed by atoms with Crippen LogP contribution < -0.4 is 0 Å². The fourth-order valence-electron chi connectivity index (χ4n) is 2.68. The number of rotatable bonds is 3. The summed E-state index contributed by atoms with van der Waals surface area (Å²) in [7, 11) is 1.33. The number of phenols is 1. The Kier molecular flexibility index (Phi) is 4.50. The maximum atomic E-state index is 11.8. The molecule has 0 spiro atoms. The SMILES string of the molecule is COC(=O)C1=C[C@@H](c2ccc(O)cc2)[C@H](C)C(N=[N+]=[N-])C1. The monoisotopic (exact) mass is 287 g/mol. The van der Waals surface area contributed by atoms with Crippen LogP contribution in [0.25, 0.3) is 10.4 Å². The van der Waals surface area contributed by atoms with Crippen LogP contribution in [0.4, 0.5) is 0 Å². The number of methoxy groups -OCH3 is 1. The second-order valence-electron chi connectivity index (χ2n) is 5.14. The van der Waals surface area contributed by atoms with Gasteiger partial charge in [-0.05, 0) is 35.6 Å². The number of benzene rings is 1. The van der Waals surface area contributed by atoms with Crippen LogP contribution in [0, 0.1) is 5.92 Å². The molecule has 0 saturated heterocycles. The van der Waals surface area contributed by atoms with Crippen LogP contribution >= 0.6 is 0 Å². The van der Waals surface area contributed by atoms with Gasteiger partial charge in [-0.15, -0.1) is 0 Å². The number of carbonyl (C=O) groups excluding carboxylic acids is 1. The lowest BCUT2D eigenvalue weighted by Crippen LogP contribution is -2.28. The molecule has 1 aliphatic carbocycles. The second kappa shape index (κ2) is 6.33. The van der Waals surface area contributed by atoms with Gasteiger partial charge in [0.2, 0.25) is 0 Å². The number of azide groups is 1. The fraction of sp³-hybridized carbons (Fsp3) is 0.400. The molecule has 110 valence electrons. The van der Waals surface area contributed by atoms with Crippen molar-refractivity contribution in [2.75, 3.05) is 7.11 Å². The zero-order valence-corrected chi connectivity index (χ0v) is 11.9. The van der Waals surface area contributed by atoms with E-state index in [4.69, 9.17) is 10.3 Å². The highest BCUT2D eigenvalue weighted by molar-refractivity contribution is 5.89. The Balaban J connectivity index is 2.42. The summed E-state index contributed by atoms with van der Waals surface area (Å²) in [5.74, 6) is -0.224. The normalized spacial score (nSPS) is 24.7. The third-order valence-corrected chi connectivity index (χ3v) is 3.91. The van der Waals surface area contributed by atoms with Gasteiger partial charge < -0.3 is 9.84 Å². The van der Waals surface area contributed by atoms with E-state index in [0.717, 1.165) is 5.56 Å². The van der Waals surface area contributed by atoms with Crippen molar-refractivity contribution in [3.8, 4) is 5.75 Å². The van der Waals surface area contributed by atoms with E-state index in [1.165, 1.54) is 7.11 Å². The largest absolute Gasteiger partial charge is 0.508 e. The highest BCUT2D eigenvalue weighted by Gasteiger charge is 2.32. The van der Waals surface area contributed by atoms with Gasteiger partial charge in [0.25, 0.3) is 0 Å². The molecule has 21 heavy (non-hydrogen) atoms. The fourth-order valence-corrected chi connectivity index (χ4v) is 2.68. The van der Waals surface area contributed by atoms with Gasteiger partial charge in [-0.3, -0.25) is 0 Å². The van der Waals surface area contributed by atoms with Crippen LogP contribution in [-0.2, 0) is 9.53 Å². The predicted octanol–water partition coefficient (Wildman–Crippen LogP) is 3.29. The van der Waals surface area contributed by atoms with Gasteiger partial charge in [0, 0.05) is 22.4 Å². The summed E-state index contributed by atoms with van der Waals surface area (Å²) in [6.45, 7) is 1.99. The first-order valence-corrected chi connectivity index (χ1v) is 6.69. The molecule has 1 aromatic carbocycles. The van der Waals surface area contributed by atoms with E-state index in [9.17, 15) is 9.90 Å². The molecule has 1 aliphatic rings. The third kappa shape index (κ3) is 3.17. The number of hydrogen-bond donors (Lipinski definition) is 1. The molecule has 1 aromatic rings. The van der Waals surface area contributed by atoms with E-state index in [1.807, 2.05) is 13.0 Å². The minimum absolute atomic E-state index is 0.0545. The molecule has 0 heterocycles. The molecule has 3 atom stereocenters. The maximum absolute atomic E-state index is 11.8. The summed E-state index contributed by atoms with van der Waals surface area (Å²) < 4.78 is 4.77. The topological polar surface area (TPSA) is 95.3 Å². The number of nitrogens with zero attached hydrogens (tertiary/aromatic N) is 3. The first-order chi connectivity index (χ1) is 10.1. The average molecular weight is 287 g/mol. The van der Waals surface area contributed by atoms with Crippen LogP contribution in [0.1, 0.15) is 24.8 Å². The summed E-state index contributed by atoms with van der Waals surface area (Å²) in [4.78, 5) is 14.7. The van der Waals surface area contributed by atoms with Gasteiger partial charge >= 0.3 is 5.97 Å². The Morgan fingerprint density at radius 1 is 1.43 bits per heavy atom. The number of ether oxygens (including phenoxy) is 1. The number of esters is 1. The summed E-state index contributed by atoms with van der Waals surface area (Å²) >= 11 is 0. The number of allylic oxidation sites excluding steroid dienone is 1. The quantitative estimate of drug-likeness (QED) is 0.400. The average Bonchev–Trinajstić information content (AvgIpc) is 2.49. The molecule has 1 N–H and O–H groups in total. The standard InChI is InChI=1S/C15H17N3O3/c1-9-13(10-3-5-12(19)6-4-10)7-11(15(20)21-2)8-14(9)17-18-16/h3-7,9,13-14,19H,8H2,1-2H3/t9-,13+,14?/m0/s1. The lowest BCUT2D eigenvalue weighted by Gasteiger charge is -2.32. The van der Waals surface area contributed by atoms with Crippen molar-refractivity contribution in [2.24, 2.45) is 11.0 Å². The van der Waals surface area contributed by atoms with Crippen molar-refractivity contribution in [3.05, 3.63) is 51.9 Å². The highest BCUT2D eigenvalue weighted by Crippen LogP contribution is 2.38. The van der Waals surface area contributed by atoms with E-state index in [-0.39, 0.29) is 23.6 Å². The first-order valence-electron chi connectivity index (χ1n) is 6.69. The molecule has 0 radical (unpaired) electrons. The van der Waals surface area contributed by atoms with Gasteiger partial charge in [0.05, 0.1) is 7.11 Å². The van der Waals surface area contributed by atoms with Crippen molar-refractivity contribution in [1.82, 2.24) is 0 Å². The number of hydrogen-bond acceptors (Lipinski definition) is 4. The molecule has 1 unspecified atom stereocenters. The van der Waals surface area contributed by atoms with Gasteiger partial charge in [0.1, 0.15) is 5.75 Å². The Hall–Kier alpha value is -2.46. The van der Waals surface area contributed by atoms with Crippen LogP contribution in [0.3, 0.4) is 0 Å². The van der Waals surface area contributed by atoms with E-state index < -0.39 is 5.97 Å². The lowest BCUT2D eigenvalue weighted by atomic mass is 9.75. The summed E-state index contributed by atoms with van der Waals surface area (Å²) in [6, 6.07) is 6.52. The Morgan fingerprint density at radius 3 is 2.67 bits per heavy atom. The van der Waals surface area contributed by atoms with E-state index >= 15 is 0 Å². The Bertz CT molecular complexity index is 603. The molecule has 2 rings (SSSR count). The van der Waals surface area contributed by atoms with Crippen molar-refractivity contribution in [3.63, 3.8) is 0 Å². The smallest absolute Gasteiger partial charge is 0.333 e. The van der Waals surface area contributed by atoms with Crippen molar-refractivity contribution < 1.29 is 14.6 Å². The van der Waals surface area contributed by atoms with Gasteiger partial charge in [0.15, 0.2) is 0 Å². The molecular weight excluding hydrogens is 270 g/mol. The van der Waals surface area contributed by atoms with Crippen LogP contribution in [0.2, 0.25) is 0 Å². The van der Waals surface area contributed by atoms with Gasteiger partial charge in [-0.25, -0.2) is 4.79 Å². The molecule has 0 aliphatic heterocycles. The predicted molar refractivity (Wildman–Crippen MR) is 77.7 cm³/mol. The zero-order chi connectivity index (χ0) is 15.4. The Morgan fingerprint density at radius 2 is 2.10 bits per heavy atom. The summed E-state index contributed by atoms with van der Waals surface area (Å²) in [5.41, 5.74) is 10.2. The Labute approximate surface area is 122 Å². The zero-order valence-electron chi connectivity index (χ0n) is 11.9. The van der Waals surface area contributed by atoms with E-state index in [2.05, 4.69) is 10.0 Å². The molecule has 0 saturated carbocycles. The minimum atomic E-state index is -0.399. The van der Waals surface area contributed by atoms with Crippen LogP contribution in [-0.4, -0.2) is 24.2 Å². The molecular formula is C15H17N3O3. The summed E-state index contributed by atoms with van der Waals surface area (Å²) in [6.07, 6.45) is 2.25. The molecule has 0 aromatic heterocycles.